The highest BCUT2D eigenvalue weighted by atomic mass is 16.5. The van der Waals surface area contributed by atoms with Gasteiger partial charge in [-0.1, -0.05) is 19.8 Å². The molecule has 1 heterocycles. The van der Waals surface area contributed by atoms with Crippen molar-refractivity contribution in [2.24, 2.45) is 5.92 Å². The monoisotopic (exact) mass is 268 g/mol. The van der Waals surface area contributed by atoms with Gasteiger partial charge in [0.1, 0.15) is 0 Å². The third-order valence-electron chi connectivity index (χ3n) is 4.84. The van der Waals surface area contributed by atoms with Gasteiger partial charge in [0.05, 0.1) is 11.7 Å². The van der Waals surface area contributed by atoms with Gasteiger partial charge in [0.15, 0.2) is 0 Å². The zero-order valence-electron chi connectivity index (χ0n) is 12.6. The second-order valence-corrected chi connectivity index (χ2v) is 6.16. The van der Waals surface area contributed by atoms with E-state index in [9.17, 15) is 4.79 Å². The molecule has 0 aromatic carbocycles. The Morgan fingerprint density at radius 3 is 2.68 bits per heavy atom. The van der Waals surface area contributed by atoms with Crippen LogP contribution < -0.4 is 5.32 Å². The molecule has 1 N–H and O–H groups in total. The summed E-state index contributed by atoms with van der Waals surface area (Å²) < 4.78 is 5.12. The Labute approximate surface area is 116 Å². The maximum atomic E-state index is 12.6. The molecule has 1 saturated carbocycles. The molecule has 4 heteroatoms. The third kappa shape index (κ3) is 2.95. The summed E-state index contributed by atoms with van der Waals surface area (Å²) in [5.41, 5.74) is -0.361. The van der Waals surface area contributed by atoms with Crippen molar-refractivity contribution in [2.45, 2.75) is 64.1 Å². The van der Waals surface area contributed by atoms with E-state index < -0.39 is 0 Å². The van der Waals surface area contributed by atoms with Gasteiger partial charge in [0, 0.05) is 20.3 Å². The van der Waals surface area contributed by atoms with E-state index in [2.05, 4.69) is 17.1 Å². The van der Waals surface area contributed by atoms with E-state index in [1.54, 1.807) is 7.11 Å². The van der Waals surface area contributed by atoms with Crippen LogP contribution in [0.1, 0.15) is 52.4 Å². The fourth-order valence-corrected chi connectivity index (χ4v) is 3.43. The summed E-state index contributed by atoms with van der Waals surface area (Å²) in [6, 6.07) is 0. The number of nitrogens with zero attached hydrogens (tertiary/aromatic N) is 1. The van der Waals surface area contributed by atoms with Gasteiger partial charge in [0.25, 0.3) is 0 Å². The third-order valence-corrected chi connectivity index (χ3v) is 4.84. The molecule has 2 unspecified atom stereocenters. The van der Waals surface area contributed by atoms with Crippen molar-refractivity contribution in [1.82, 2.24) is 10.2 Å². The predicted molar refractivity (Wildman–Crippen MR) is 75.8 cm³/mol. The lowest BCUT2D eigenvalue weighted by atomic mass is 9.99. The molecule has 0 aromatic heterocycles. The first kappa shape index (κ1) is 14.8. The van der Waals surface area contributed by atoms with E-state index in [1.807, 2.05) is 6.92 Å². The number of carbonyl (C=O) groups is 1. The number of amides is 1. The Hall–Kier alpha value is -0.610. The highest BCUT2D eigenvalue weighted by Gasteiger charge is 2.48. The van der Waals surface area contributed by atoms with Crippen LogP contribution in [0.4, 0.5) is 0 Å². The first-order valence-corrected chi connectivity index (χ1v) is 7.70. The van der Waals surface area contributed by atoms with Crippen LogP contribution in [0.2, 0.25) is 0 Å². The van der Waals surface area contributed by atoms with Gasteiger partial charge >= 0.3 is 0 Å². The molecular weight excluding hydrogens is 240 g/mol. The number of carbonyl (C=O) groups excluding carboxylic acids is 1. The molecule has 19 heavy (non-hydrogen) atoms. The molecule has 110 valence electrons. The van der Waals surface area contributed by atoms with Crippen molar-refractivity contribution >= 4 is 5.91 Å². The van der Waals surface area contributed by atoms with Crippen LogP contribution in [0.5, 0.6) is 0 Å². The van der Waals surface area contributed by atoms with Crippen LogP contribution in [0.15, 0.2) is 0 Å². The number of rotatable bonds is 6. The van der Waals surface area contributed by atoms with Crippen LogP contribution in [-0.4, -0.2) is 42.8 Å². The average Bonchev–Trinajstić information content (AvgIpc) is 3.01. The zero-order chi connectivity index (χ0) is 13.9. The Bertz CT molecular complexity index is 315. The number of nitrogens with one attached hydrogen (secondary N) is 1. The van der Waals surface area contributed by atoms with Crippen molar-refractivity contribution in [1.29, 1.82) is 0 Å². The van der Waals surface area contributed by atoms with Crippen molar-refractivity contribution in [3.05, 3.63) is 0 Å². The summed E-state index contributed by atoms with van der Waals surface area (Å²) in [6.45, 7) is 5.68. The van der Waals surface area contributed by atoms with Gasteiger partial charge in [-0.15, -0.1) is 0 Å². The number of methoxy groups -OCH3 is 1. The number of ether oxygens (including phenoxy) is 1. The molecule has 2 aliphatic rings. The maximum absolute atomic E-state index is 12.6. The first-order valence-electron chi connectivity index (χ1n) is 7.70. The summed E-state index contributed by atoms with van der Waals surface area (Å²) in [7, 11) is 1.72. The number of hydrogen-bond acceptors (Lipinski definition) is 3. The van der Waals surface area contributed by atoms with Crippen molar-refractivity contribution in [2.75, 3.05) is 20.3 Å². The van der Waals surface area contributed by atoms with Gasteiger partial charge in [-0.05, 0) is 38.5 Å². The van der Waals surface area contributed by atoms with Crippen molar-refractivity contribution in [3.8, 4) is 0 Å². The molecule has 4 nitrogen and oxygen atoms in total. The van der Waals surface area contributed by atoms with E-state index >= 15 is 0 Å². The normalized spacial score (nSPS) is 32.5. The van der Waals surface area contributed by atoms with E-state index in [0.29, 0.717) is 5.92 Å². The summed E-state index contributed by atoms with van der Waals surface area (Å²) in [4.78, 5) is 14.7. The van der Waals surface area contributed by atoms with E-state index in [1.165, 1.54) is 25.7 Å². The topological polar surface area (TPSA) is 41.6 Å². The van der Waals surface area contributed by atoms with Gasteiger partial charge in [-0.25, -0.2) is 0 Å². The lowest BCUT2D eigenvalue weighted by Crippen LogP contribution is -2.45. The SMILES string of the molecule is CCC1(C)NC(C2CCCC2)N(CCCOC)C1=O. The Morgan fingerprint density at radius 1 is 1.42 bits per heavy atom. The molecule has 0 radical (unpaired) electrons. The average molecular weight is 268 g/mol. The van der Waals surface area contributed by atoms with Crippen LogP contribution in [0.25, 0.3) is 0 Å². The Balaban J connectivity index is 2.06. The van der Waals surface area contributed by atoms with E-state index in [-0.39, 0.29) is 17.6 Å². The molecule has 2 fully saturated rings. The summed E-state index contributed by atoms with van der Waals surface area (Å²) >= 11 is 0. The fourth-order valence-electron chi connectivity index (χ4n) is 3.43. The lowest BCUT2D eigenvalue weighted by Gasteiger charge is -2.29. The largest absolute Gasteiger partial charge is 0.385 e. The van der Waals surface area contributed by atoms with Gasteiger partial charge in [-0.3, -0.25) is 10.1 Å². The second-order valence-electron chi connectivity index (χ2n) is 6.16. The van der Waals surface area contributed by atoms with Crippen LogP contribution in [-0.2, 0) is 9.53 Å². The van der Waals surface area contributed by atoms with Crippen molar-refractivity contribution < 1.29 is 9.53 Å². The molecule has 0 aromatic rings. The Morgan fingerprint density at radius 2 is 2.11 bits per heavy atom. The van der Waals surface area contributed by atoms with Crippen LogP contribution in [0.3, 0.4) is 0 Å². The summed E-state index contributed by atoms with van der Waals surface area (Å²) in [6.07, 6.45) is 7.16. The highest BCUT2D eigenvalue weighted by molar-refractivity contribution is 5.88. The zero-order valence-corrected chi connectivity index (χ0v) is 12.6. The second kappa shape index (κ2) is 6.23. The maximum Gasteiger partial charge on any atom is 0.243 e. The fraction of sp³-hybridized carbons (Fsp3) is 0.933. The van der Waals surface area contributed by atoms with E-state index in [0.717, 1.165) is 26.0 Å². The molecule has 1 aliphatic heterocycles. The minimum Gasteiger partial charge on any atom is -0.385 e. The lowest BCUT2D eigenvalue weighted by molar-refractivity contribution is -0.133. The minimum absolute atomic E-state index is 0.247. The summed E-state index contributed by atoms with van der Waals surface area (Å²) in [5, 5.41) is 3.62. The Kier molecular flexibility index (Phi) is 4.85. The summed E-state index contributed by atoms with van der Waals surface area (Å²) in [5.74, 6) is 0.919. The molecular formula is C15H28N2O2. The first-order chi connectivity index (χ1) is 9.12. The molecule has 1 amide bonds. The van der Waals surface area contributed by atoms with Crippen LogP contribution in [0, 0.1) is 5.92 Å². The number of hydrogen-bond donors (Lipinski definition) is 1. The molecule has 1 saturated heterocycles. The molecule has 0 spiro atoms. The van der Waals surface area contributed by atoms with Crippen LogP contribution >= 0.6 is 0 Å². The van der Waals surface area contributed by atoms with Gasteiger partial charge in [0.2, 0.25) is 5.91 Å². The molecule has 1 aliphatic carbocycles. The minimum atomic E-state index is -0.361. The van der Waals surface area contributed by atoms with Gasteiger partial charge in [-0.2, -0.15) is 0 Å². The molecule has 0 bridgehead atoms. The van der Waals surface area contributed by atoms with E-state index in [4.69, 9.17) is 4.74 Å². The molecule has 2 atom stereocenters. The molecule has 2 rings (SSSR count). The smallest absolute Gasteiger partial charge is 0.243 e. The predicted octanol–water partition coefficient (Wildman–Crippen LogP) is 2.14. The highest BCUT2D eigenvalue weighted by Crippen LogP contribution is 2.35. The van der Waals surface area contributed by atoms with Gasteiger partial charge < -0.3 is 9.64 Å². The standard InChI is InChI=1S/C15H28N2O2/c1-4-15(2)14(18)17(10-7-11-19-3)13(16-15)12-8-5-6-9-12/h12-13,16H,4-11H2,1-3H3. The quantitative estimate of drug-likeness (QED) is 0.750. The van der Waals surface area contributed by atoms with Crippen molar-refractivity contribution in [3.63, 3.8) is 0 Å².